The van der Waals surface area contributed by atoms with E-state index < -0.39 is 0 Å². The number of hydrogen-bond acceptors (Lipinski definition) is 5. The third kappa shape index (κ3) is 12.5. The number of para-hydroxylation sites is 1. The molecule has 1 aliphatic rings. The maximum absolute atomic E-state index is 6.07. The molecule has 0 unspecified atom stereocenters. The van der Waals surface area contributed by atoms with E-state index in [9.17, 15) is 0 Å². The van der Waals surface area contributed by atoms with Crippen LogP contribution in [-0.2, 0) is 16.0 Å². The van der Waals surface area contributed by atoms with Gasteiger partial charge in [-0.2, -0.15) is 0 Å². The van der Waals surface area contributed by atoms with Gasteiger partial charge in [0.25, 0.3) is 0 Å². The van der Waals surface area contributed by atoms with Crippen molar-refractivity contribution >= 4 is 29.9 Å². The van der Waals surface area contributed by atoms with Gasteiger partial charge in [0, 0.05) is 51.5 Å². The van der Waals surface area contributed by atoms with Crippen LogP contribution < -0.4 is 15.4 Å². The second-order valence-corrected chi connectivity index (χ2v) is 7.35. The zero-order valence-corrected chi connectivity index (χ0v) is 21.6. The van der Waals surface area contributed by atoms with Crippen LogP contribution in [0.1, 0.15) is 38.7 Å². The molecule has 2 N–H and O–H groups in total. The minimum absolute atomic E-state index is 0. The van der Waals surface area contributed by atoms with E-state index in [-0.39, 0.29) is 24.0 Å². The highest BCUT2D eigenvalue weighted by Crippen LogP contribution is 2.19. The highest BCUT2D eigenvalue weighted by Gasteiger charge is 2.10. The van der Waals surface area contributed by atoms with Gasteiger partial charge in [0.2, 0.25) is 0 Å². The van der Waals surface area contributed by atoms with Gasteiger partial charge in [0.15, 0.2) is 5.96 Å². The smallest absolute Gasteiger partial charge is 0.191 e. The number of nitrogens with one attached hydrogen (secondary N) is 2. The van der Waals surface area contributed by atoms with Gasteiger partial charge in [-0.25, -0.2) is 4.99 Å². The quantitative estimate of drug-likeness (QED) is 0.161. The minimum atomic E-state index is 0. The Balaban J connectivity index is 0.00000480. The predicted octanol–water partition coefficient (Wildman–Crippen LogP) is 3.28. The molecule has 2 rings (SSSR count). The summed E-state index contributed by atoms with van der Waals surface area (Å²) in [6.45, 7) is 13.3. The molecular formula is C23H41IN4O3. The van der Waals surface area contributed by atoms with Crippen LogP contribution in [0.3, 0.4) is 0 Å². The molecule has 0 atom stereocenters. The van der Waals surface area contributed by atoms with Crippen LogP contribution in [0.5, 0.6) is 5.75 Å². The van der Waals surface area contributed by atoms with Crippen molar-refractivity contribution in [1.29, 1.82) is 0 Å². The molecule has 8 heteroatoms. The second kappa shape index (κ2) is 18.5. The van der Waals surface area contributed by atoms with Gasteiger partial charge >= 0.3 is 0 Å². The zero-order chi connectivity index (χ0) is 21.3. The number of halogens is 1. The molecule has 0 amide bonds. The van der Waals surface area contributed by atoms with Crippen molar-refractivity contribution in [2.75, 3.05) is 65.8 Å². The summed E-state index contributed by atoms with van der Waals surface area (Å²) in [5.41, 5.74) is 1.10. The fourth-order valence-electron chi connectivity index (χ4n) is 3.12. The highest BCUT2D eigenvalue weighted by molar-refractivity contribution is 14.0. The van der Waals surface area contributed by atoms with Gasteiger partial charge < -0.3 is 24.8 Å². The van der Waals surface area contributed by atoms with Crippen molar-refractivity contribution in [3.8, 4) is 5.75 Å². The Hall–Kier alpha value is -1.10. The van der Waals surface area contributed by atoms with E-state index in [2.05, 4.69) is 35.4 Å². The fourth-order valence-corrected chi connectivity index (χ4v) is 3.12. The number of aliphatic imine (C=N–C) groups is 1. The average Bonchev–Trinajstić information content (AvgIpc) is 2.78. The Morgan fingerprint density at radius 2 is 1.84 bits per heavy atom. The minimum Gasteiger partial charge on any atom is -0.492 e. The topological polar surface area (TPSA) is 67.3 Å². The standard InChI is InChI=1S/C23H40N4O3.HI/c1-3-5-15-28-16-8-11-25-23(24-4-2)26-20-21-9-6-7-10-22(21)30-19-14-27-12-17-29-18-13-27;/h6-7,9-10H,3-5,8,11-20H2,1-2H3,(H2,24,25,26);1H. The summed E-state index contributed by atoms with van der Waals surface area (Å²) in [5, 5.41) is 6.70. The summed E-state index contributed by atoms with van der Waals surface area (Å²) in [4.78, 5) is 7.11. The van der Waals surface area contributed by atoms with Gasteiger partial charge in [0.05, 0.1) is 19.8 Å². The summed E-state index contributed by atoms with van der Waals surface area (Å²) < 4.78 is 17.1. The molecule has 1 fully saturated rings. The van der Waals surface area contributed by atoms with Crippen molar-refractivity contribution in [2.45, 2.75) is 39.7 Å². The van der Waals surface area contributed by atoms with E-state index in [1.807, 2.05) is 18.2 Å². The Morgan fingerprint density at radius 3 is 2.61 bits per heavy atom. The van der Waals surface area contributed by atoms with Crippen LogP contribution in [0.25, 0.3) is 0 Å². The van der Waals surface area contributed by atoms with Crippen molar-refractivity contribution in [1.82, 2.24) is 15.5 Å². The molecular weight excluding hydrogens is 507 g/mol. The number of guanidine groups is 1. The molecule has 1 aromatic rings. The third-order valence-corrected chi connectivity index (χ3v) is 4.89. The van der Waals surface area contributed by atoms with Crippen LogP contribution in [0.2, 0.25) is 0 Å². The highest BCUT2D eigenvalue weighted by atomic mass is 127. The predicted molar refractivity (Wildman–Crippen MR) is 138 cm³/mol. The first-order valence-corrected chi connectivity index (χ1v) is 11.4. The molecule has 31 heavy (non-hydrogen) atoms. The van der Waals surface area contributed by atoms with Gasteiger partial charge in [-0.05, 0) is 25.8 Å². The molecule has 0 bridgehead atoms. The Morgan fingerprint density at radius 1 is 1.06 bits per heavy atom. The van der Waals surface area contributed by atoms with Crippen LogP contribution in [0.4, 0.5) is 0 Å². The van der Waals surface area contributed by atoms with Crippen molar-refractivity contribution < 1.29 is 14.2 Å². The molecule has 1 saturated heterocycles. The third-order valence-electron chi connectivity index (χ3n) is 4.89. The normalized spacial score (nSPS) is 14.7. The number of unbranched alkanes of at least 4 members (excludes halogenated alkanes) is 1. The second-order valence-electron chi connectivity index (χ2n) is 7.35. The number of ether oxygens (including phenoxy) is 3. The van der Waals surface area contributed by atoms with Gasteiger partial charge in [-0.3, -0.25) is 4.90 Å². The molecule has 178 valence electrons. The Bertz CT molecular complexity index is 598. The van der Waals surface area contributed by atoms with Crippen LogP contribution in [-0.4, -0.2) is 76.6 Å². The molecule has 1 aromatic carbocycles. The first-order chi connectivity index (χ1) is 14.8. The summed E-state index contributed by atoms with van der Waals surface area (Å²) in [6, 6.07) is 8.16. The number of rotatable bonds is 14. The van der Waals surface area contributed by atoms with Crippen molar-refractivity contribution in [2.24, 2.45) is 4.99 Å². The lowest BCUT2D eigenvalue weighted by atomic mass is 10.2. The largest absolute Gasteiger partial charge is 0.492 e. The van der Waals surface area contributed by atoms with E-state index in [1.165, 1.54) is 6.42 Å². The molecule has 7 nitrogen and oxygen atoms in total. The number of hydrogen-bond donors (Lipinski definition) is 2. The molecule has 0 spiro atoms. The van der Waals surface area contributed by atoms with Crippen molar-refractivity contribution in [3.05, 3.63) is 29.8 Å². The lowest BCUT2D eigenvalue weighted by Crippen LogP contribution is -2.38. The lowest BCUT2D eigenvalue weighted by molar-refractivity contribution is 0.0322. The molecule has 1 aliphatic heterocycles. The van der Waals surface area contributed by atoms with E-state index in [0.717, 1.165) is 89.3 Å². The monoisotopic (exact) mass is 548 g/mol. The number of morpholine rings is 1. The molecule has 0 aliphatic carbocycles. The van der Waals surface area contributed by atoms with E-state index in [0.29, 0.717) is 13.2 Å². The number of nitrogens with zero attached hydrogens (tertiary/aromatic N) is 2. The lowest BCUT2D eigenvalue weighted by Gasteiger charge is -2.26. The zero-order valence-electron chi connectivity index (χ0n) is 19.2. The molecule has 0 radical (unpaired) electrons. The van der Waals surface area contributed by atoms with E-state index >= 15 is 0 Å². The summed E-state index contributed by atoms with van der Waals surface area (Å²) in [6.07, 6.45) is 3.27. The van der Waals surface area contributed by atoms with Crippen molar-refractivity contribution in [3.63, 3.8) is 0 Å². The van der Waals surface area contributed by atoms with Crippen LogP contribution in [0, 0.1) is 0 Å². The fraction of sp³-hybridized carbons (Fsp3) is 0.696. The maximum Gasteiger partial charge on any atom is 0.191 e. The van der Waals surface area contributed by atoms with E-state index in [1.54, 1.807) is 0 Å². The Labute approximate surface area is 205 Å². The Kier molecular flexibility index (Phi) is 16.6. The molecule has 0 saturated carbocycles. The molecule has 0 aromatic heterocycles. The van der Waals surface area contributed by atoms with Crippen LogP contribution in [0.15, 0.2) is 29.3 Å². The van der Waals surface area contributed by atoms with Crippen LogP contribution >= 0.6 is 24.0 Å². The number of benzene rings is 1. The summed E-state index contributed by atoms with van der Waals surface area (Å²) >= 11 is 0. The SMILES string of the molecule is CCCCOCCCNC(=NCc1ccccc1OCCN1CCOCC1)NCC.I. The van der Waals surface area contributed by atoms with Gasteiger partial charge in [0.1, 0.15) is 12.4 Å². The first-order valence-electron chi connectivity index (χ1n) is 11.4. The average molecular weight is 549 g/mol. The van der Waals surface area contributed by atoms with Gasteiger partial charge in [-0.1, -0.05) is 31.5 Å². The first kappa shape index (κ1) is 27.9. The maximum atomic E-state index is 6.07. The summed E-state index contributed by atoms with van der Waals surface area (Å²) in [7, 11) is 0. The molecule has 1 heterocycles. The summed E-state index contributed by atoms with van der Waals surface area (Å²) in [5.74, 6) is 1.74. The van der Waals surface area contributed by atoms with Gasteiger partial charge in [-0.15, -0.1) is 24.0 Å². The van der Waals surface area contributed by atoms with E-state index in [4.69, 9.17) is 19.2 Å².